The zero-order chi connectivity index (χ0) is 17.4. The molecule has 2 aromatic carbocycles. The fraction of sp³-hybridized carbons (Fsp3) is 0.0556. The van der Waals surface area contributed by atoms with Crippen molar-refractivity contribution in [3.8, 4) is 11.4 Å². The second-order valence-electron chi connectivity index (χ2n) is 5.33. The highest BCUT2D eigenvalue weighted by Gasteiger charge is 2.12. The molecule has 7 heteroatoms. The Bertz CT molecular complexity index is 1170. The normalized spacial score (nSPS) is 12.2. The van der Waals surface area contributed by atoms with Crippen molar-refractivity contribution in [1.82, 2.24) is 14.6 Å². The molecule has 0 fully saturated rings. The molecular weight excluding hydrogens is 374 g/mol. The van der Waals surface area contributed by atoms with Crippen molar-refractivity contribution in [2.75, 3.05) is 6.26 Å². The molecule has 0 aliphatic carbocycles. The first kappa shape index (κ1) is 16.3. The average Bonchev–Trinajstić information content (AvgIpc) is 3.16. The van der Waals surface area contributed by atoms with E-state index in [1.807, 2.05) is 48.7 Å². The number of thiazole rings is 1. The molecular formula is C18H12ClN3OS2. The van der Waals surface area contributed by atoms with Gasteiger partial charge in [0.1, 0.15) is 0 Å². The molecule has 2 aromatic heterocycles. The van der Waals surface area contributed by atoms with Gasteiger partial charge in [0.05, 0.1) is 4.53 Å². The molecule has 0 spiro atoms. The van der Waals surface area contributed by atoms with Gasteiger partial charge in [0.2, 0.25) is 4.96 Å². The quantitative estimate of drug-likeness (QED) is 0.504. The molecule has 0 atom stereocenters. The van der Waals surface area contributed by atoms with E-state index in [0.29, 0.717) is 20.3 Å². The third-order valence-corrected chi connectivity index (χ3v) is 5.62. The highest BCUT2D eigenvalue weighted by Crippen LogP contribution is 2.20. The van der Waals surface area contributed by atoms with Crippen LogP contribution in [0.4, 0.5) is 0 Å². The summed E-state index contributed by atoms with van der Waals surface area (Å²) in [7, 11) is 0. The molecule has 0 bridgehead atoms. The molecule has 0 amide bonds. The maximum atomic E-state index is 12.6. The van der Waals surface area contributed by atoms with E-state index in [2.05, 4.69) is 10.1 Å². The first-order valence-corrected chi connectivity index (χ1v) is 9.87. The fourth-order valence-electron chi connectivity index (χ4n) is 2.44. The summed E-state index contributed by atoms with van der Waals surface area (Å²) in [5, 5.41) is 4.95. The minimum Gasteiger partial charge on any atom is -0.266 e. The van der Waals surface area contributed by atoms with Crippen molar-refractivity contribution < 1.29 is 0 Å². The zero-order valence-corrected chi connectivity index (χ0v) is 15.5. The third-order valence-electron chi connectivity index (χ3n) is 3.68. The van der Waals surface area contributed by atoms with E-state index in [1.165, 1.54) is 20.7 Å². The number of aromatic nitrogens is 3. The summed E-state index contributed by atoms with van der Waals surface area (Å²) >= 11 is 9.03. The fourth-order valence-corrected chi connectivity index (χ4v) is 3.94. The standard InChI is InChI=1S/C18H12ClN3OS2/c1-24-14-7-5-11(6-8-14)9-15-17(23)22-18(25-15)20-16(21-22)12-3-2-4-13(19)10-12/h2-10H,1H3/b15-9-. The number of nitrogens with zero attached hydrogens (tertiary/aromatic N) is 3. The molecule has 0 aliphatic rings. The summed E-state index contributed by atoms with van der Waals surface area (Å²) < 4.78 is 1.97. The number of hydrogen-bond acceptors (Lipinski definition) is 5. The molecule has 0 saturated heterocycles. The van der Waals surface area contributed by atoms with Crippen LogP contribution in [0.15, 0.2) is 58.2 Å². The van der Waals surface area contributed by atoms with Crippen LogP contribution in [0.3, 0.4) is 0 Å². The Morgan fingerprint density at radius 3 is 2.68 bits per heavy atom. The van der Waals surface area contributed by atoms with Gasteiger partial charge >= 0.3 is 0 Å². The van der Waals surface area contributed by atoms with Crippen molar-refractivity contribution in [2.45, 2.75) is 4.90 Å². The number of halogens is 1. The van der Waals surface area contributed by atoms with Gasteiger partial charge in [0.25, 0.3) is 5.56 Å². The molecule has 0 saturated carbocycles. The predicted molar refractivity (Wildman–Crippen MR) is 105 cm³/mol. The average molecular weight is 386 g/mol. The Kier molecular flexibility index (Phi) is 4.33. The molecule has 25 heavy (non-hydrogen) atoms. The Morgan fingerprint density at radius 2 is 2.00 bits per heavy atom. The summed E-state index contributed by atoms with van der Waals surface area (Å²) in [5.41, 5.74) is 1.62. The first-order chi connectivity index (χ1) is 12.1. The van der Waals surface area contributed by atoms with Gasteiger partial charge in [-0.2, -0.15) is 9.50 Å². The van der Waals surface area contributed by atoms with Gasteiger partial charge in [-0.1, -0.05) is 47.2 Å². The second kappa shape index (κ2) is 6.63. The Balaban J connectivity index is 1.77. The summed E-state index contributed by atoms with van der Waals surface area (Å²) in [5.74, 6) is 0.502. The predicted octanol–water partition coefficient (Wildman–Crippen LogP) is 3.74. The number of thioether (sulfide) groups is 1. The van der Waals surface area contributed by atoms with Gasteiger partial charge in [-0.3, -0.25) is 4.79 Å². The smallest absolute Gasteiger partial charge is 0.266 e. The molecule has 4 rings (SSSR count). The molecule has 2 heterocycles. The van der Waals surface area contributed by atoms with E-state index in [9.17, 15) is 4.79 Å². The maximum Gasteiger partial charge on any atom is 0.291 e. The van der Waals surface area contributed by atoms with E-state index in [0.717, 1.165) is 11.1 Å². The zero-order valence-electron chi connectivity index (χ0n) is 13.1. The Hall–Kier alpha value is -2.15. The molecule has 124 valence electrons. The van der Waals surface area contributed by atoms with Crippen LogP contribution in [0.2, 0.25) is 5.02 Å². The minimum absolute atomic E-state index is 0.158. The second-order valence-corrected chi connectivity index (χ2v) is 7.65. The van der Waals surface area contributed by atoms with Gasteiger partial charge < -0.3 is 0 Å². The van der Waals surface area contributed by atoms with E-state index in [1.54, 1.807) is 23.9 Å². The molecule has 0 unspecified atom stereocenters. The lowest BCUT2D eigenvalue weighted by Crippen LogP contribution is -2.23. The first-order valence-electron chi connectivity index (χ1n) is 7.45. The minimum atomic E-state index is -0.158. The van der Waals surface area contributed by atoms with Crippen LogP contribution < -0.4 is 10.1 Å². The van der Waals surface area contributed by atoms with Crippen molar-refractivity contribution in [2.24, 2.45) is 0 Å². The summed E-state index contributed by atoms with van der Waals surface area (Å²) in [6, 6.07) is 15.4. The number of hydrogen-bond donors (Lipinski definition) is 0. The molecule has 0 radical (unpaired) electrons. The van der Waals surface area contributed by atoms with Crippen LogP contribution in [0, 0.1) is 0 Å². The van der Waals surface area contributed by atoms with Gasteiger partial charge in [-0.25, -0.2) is 0 Å². The maximum absolute atomic E-state index is 12.6. The largest absolute Gasteiger partial charge is 0.291 e. The topological polar surface area (TPSA) is 47.3 Å². The molecule has 0 aliphatic heterocycles. The Morgan fingerprint density at radius 1 is 1.20 bits per heavy atom. The van der Waals surface area contributed by atoms with Crippen LogP contribution >= 0.6 is 34.7 Å². The number of fused-ring (bicyclic) bond motifs is 1. The number of rotatable bonds is 3. The molecule has 4 nitrogen and oxygen atoms in total. The monoisotopic (exact) mass is 385 g/mol. The number of benzene rings is 2. The third kappa shape index (κ3) is 3.20. The van der Waals surface area contributed by atoms with Crippen molar-refractivity contribution >= 4 is 45.7 Å². The van der Waals surface area contributed by atoms with E-state index >= 15 is 0 Å². The van der Waals surface area contributed by atoms with E-state index in [-0.39, 0.29) is 5.56 Å². The van der Waals surface area contributed by atoms with Crippen molar-refractivity contribution in [3.05, 3.63) is 74.0 Å². The molecule has 0 N–H and O–H groups in total. The highest BCUT2D eigenvalue weighted by molar-refractivity contribution is 7.98. The van der Waals surface area contributed by atoms with Crippen LogP contribution in [-0.2, 0) is 0 Å². The Labute approximate surface area is 156 Å². The van der Waals surface area contributed by atoms with Crippen LogP contribution in [0.5, 0.6) is 0 Å². The summed E-state index contributed by atoms with van der Waals surface area (Å²) in [6.45, 7) is 0. The van der Waals surface area contributed by atoms with Crippen LogP contribution in [0.25, 0.3) is 22.4 Å². The van der Waals surface area contributed by atoms with E-state index < -0.39 is 0 Å². The lowest BCUT2D eigenvalue weighted by molar-refractivity contribution is 0.937. The van der Waals surface area contributed by atoms with Crippen LogP contribution in [0.1, 0.15) is 5.56 Å². The van der Waals surface area contributed by atoms with Crippen molar-refractivity contribution in [1.29, 1.82) is 0 Å². The van der Waals surface area contributed by atoms with Gasteiger partial charge in [0.15, 0.2) is 5.82 Å². The van der Waals surface area contributed by atoms with Gasteiger partial charge in [-0.15, -0.1) is 16.9 Å². The summed E-state index contributed by atoms with van der Waals surface area (Å²) in [4.78, 5) is 18.8. The SMILES string of the molecule is CSc1ccc(/C=c2\sc3nc(-c4cccc(Cl)c4)nn3c2=O)cc1. The van der Waals surface area contributed by atoms with Gasteiger partial charge in [-0.05, 0) is 42.2 Å². The van der Waals surface area contributed by atoms with Crippen LogP contribution in [-0.4, -0.2) is 20.9 Å². The van der Waals surface area contributed by atoms with E-state index in [4.69, 9.17) is 11.6 Å². The highest BCUT2D eigenvalue weighted by atomic mass is 35.5. The lowest BCUT2D eigenvalue weighted by atomic mass is 10.2. The van der Waals surface area contributed by atoms with Crippen molar-refractivity contribution in [3.63, 3.8) is 0 Å². The van der Waals surface area contributed by atoms with Gasteiger partial charge in [0, 0.05) is 15.5 Å². The summed E-state index contributed by atoms with van der Waals surface area (Å²) in [6.07, 6.45) is 3.90. The molecule has 4 aromatic rings. The lowest BCUT2D eigenvalue weighted by Gasteiger charge is -1.95.